The van der Waals surface area contributed by atoms with Crippen LogP contribution in [0, 0.1) is 5.41 Å². The van der Waals surface area contributed by atoms with Crippen LogP contribution >= 0.6 is 0 Å². The summed E-state index contributed by atoms with van der Waals surface area (Å²) >= 11 is 0. The first kappa shape index (κ1) is 35.6. The van der Waals surface area contributed by atoms with Gasteiger partial charge in [-0.05, 0) is 18.3 Å². The van der Waals surface area contributed by atoms with Gasteiger partial charge in [-0.25, -0.2) is 0 Å². The highest BCUT2D eigenvalue weighted by Gasteiger charge is 2.27. The minimum absolute atomic E-state index is 0. The number of carbonyl (C=O) groups excluding carboxylic acids is 1. The first-order valence-electron chi connectivity index (χ1n) is 14.8. The molecule has 0 aromatic carbocycles. The fourth-order valence-electron chi connectivity index (χ4n) is 4.94. The van der Waals surface area contributed by atoms with Crippen molar-refractivity contribution in [3.8, 4) is 0 Å². The lowest BCUT2D eigenvalue weighted by Gasteiger charge is -2.29. The molecule has 0 aromatic rings. The number of hydrogen-bond acceptors (Lipinski definition) is 4. The van der Waals surface area contributed by atoms with Gasteiger partial charge in [0.25, 0.3) is 0 Å². The average molecular weight is 486 g/mol. The summed E-state index contributed by atoms with van der Waals surface area (Å²) in [6.07, 6.45) is 29.7. The van der Waals surface area contributed by atoms with E-state index in [2.05, 4.69) is 20.8 Å². The van der Waals surface area contributed by atoms with Crippen LogP contribution in [0.3, 0.4) is 0 Å². The third-order valence-electron chi connectivity index (χ3n) is 7.19. The molecule has 0 radical (unpaired) electrons. The molecule has 0 fully saturated rings. The molecule has 206 valence electrons. The summed E-state index contributed by atoms with van der Waals surface area (Å²) in [5, 5.41) is 8.95. The van der Waals surface area contributed by atoms with E-state index in [9.17, 15) is 4.79 Å². The van der Waals surface area contributed by atoms with Gasteiger partial charge in [0.1, 0.15) is 6.61 Å². The lowest BCUT2D eigenvalue weighted by molar-refractivity contribution is -0.147. The van der Waals surface area contributed by atoms with Gasteiger partial charge in [-0.2, -0.15) is 0 Å². The Hall–Kier alpha value is -0.610. The minimum atomic E-state index is -0.134. The number of carbonyl (C=O) groups is 1. The highest BCUT2D eigenvalue weighted by atomic mass is 16.5. The van der Waals surface area contributed by atoms with Crippen molar-refractivity contribution in [1.29, 1.82) is 0 Å². The molecule has 0 aliphatic heterocycles. The molecule has 0 aromatic heterocycles. The molecule has 0 aliphatic carbocycles. The van der Waals surface area contributed by atoms with Gasteiger partial charge in [-0.1, -0.05) is 149 Å². The maximum absolute atomic E-state index is 12.2. The maximum Gasteiger partial charge on any atom is 0.306 e. The summed E-state index contributed by atoms with van der Waals surface area (Å²) < 4.78 is 5.20. The van der Waals surface area contributed by atoms with Gasteiger partial charge >= 0.3 is 5.97 Å². The van der Waals surface area contributed by atoms with E-state index in [-0.39, 0.29) is 30.7 Å². The highest BCUT2D eigenvalue weighted by Crippen LogP contribution is 2.35. The number of esters is 1. The quantitative estimate of drug-likeness (QED) is 0.0943. The molecule has 0 bridgehead atoms. The van der Waals surface area contributed by atoms with Gasteiger partial charge < -0.3 is 16.0 Å². The van der Waals surface area contributed by atoms with Crippen molar-refractivity contribution >= 4 is 5.97 Å². The van der Waals surface area contributed by atoms with Crippen LogP contribution in [0.4, 0.5) is 0 Å². The SMILES string of the molecule is CCCCCCCCCCCCC(C)(CCCCCCCCCCCC)CC(=O)OCCO.N. The Kier molecular flexibility index (Phi) is 28.2. The second-order valence-corrected chi connectivity index (χ2v) is 10.8. The van der Waals surface area contributed by atoms with Gasteiger partial charge in [-0.3, -0.25) is 4.79 Å². The Morgan fingerprint density at radius 3 is 1.26 bits per heavy atom. The molecule has 34 heavy (non-hydrogen) atoms. The summed E-state index contributed by atoms with van der Waals surface area (Å²) in [7, 11) is 0. The standard InChI is InChI=1S/C30H60O3.H3N/c1-4-6-8-10-12-14-16-18-20-22-24-30(3,28-29(32)33-27-26-31)25-23-21-19-17-15-13-11-9-7-5-2;/h31H,4-28H2,1-3H3;1H3. The minimum Gasteiger partial charge on any atom is -0.463 e. The molecule has 0 saturated carbocycles. The molecule has 0 aliphatic rings. The largest absolute Gasteiger partial charge is 0.463 e. The molecule has 4 N–H and O–H groups in total. The van der Waals surface area contributed by atoms with Gasteiger partial charge in [0, 0.05) is 0 Å². The van der Waals surface area contributed by atoms with Gasteiger partial charge in [0.15, 0.2) is 0 Å². The second-order valence-electron chi connectivity index (χ2n) is 10.8. The van der Waals surface area contributed by atoms with Crippen LogP contribution in [-0.2, 0) is 9.53 Å². The number of aliphatic hydroxyl groups excluding tert-OH is 1. The van der Waals surface area contributed by atoms with Crippen LogP contribution in [0.2, 0.25) is 0 Å². The fraction of sp³-hybridized carbons (Fsp3) is 0.967. The number of rotatable bonds is 26. The first-order chi connectivity index (χ1) is 16.1. The molecule has 4 heteroatoms. The molecular formula is C30H63NO3. The summed E-state index contributed by atoms with van der Waals surface area (Å²) in [6.45, 7) is 6.88. The molecule has 0 saturated heterocycles. The van der Waals surface area contributed by atoms with Crippen LogP contribution in [0.25, 0.3) is 0 Å². The summed E-state index contributed by atoms with van der Waals surface area (Å²) in [5.74, 6) is -0.134. The summed E-state index contributed by atoms with van der Waals surface area (Å²) in [6, 6.07) is 0. The van der Waals surface area contributed by atoms with Crippen LogP contribution < -0.4 is 6.15 Å². The molecule has 0 amide bonds. The van der Waals surface area contributed by atoms with E-state index in [0.717, 1.165) is 12.8 Å². The van der Waals surface area contributed by atoms with Crippen LogP contribution in [-0.4, -0.2) is 24.3 Å². The van der Waals surface area contributed by atoms with E-state index >= 15 is 0 Å². The topological polar surface area (TPSA) is 81.5 Å². The normalized spacial score (nSPS) is 11.4. The second kappa shape index (κ2) is 27.0. The third kappa shape index (κ3) is 24.5. The average Bonchev–Trinajstić information content (AvgIpc) is 2.80. The molecular weight excluding hydrogens is 422 g/mol. The zero-order valence-corrected chi connectivity index (χ0v) is 23.6. The van der Waals surface area contributed by atoms with Crippen LogP contribution in [0.5, 0.6) is 0 Å². The Morgan fingerprint density at radius 1 is 0.618 bits per heavy atom. The fourth-order valence-corrected chi connectivity index (χ4v) is 4.94. The molecule has 0 rings (SSSR count). The van der Waals surface area contributed by atoms with Gasteiger partial charge in [0.2, 0.25) is 0 Å². The van der Waals surface area contributed by atoms with Crippen molar-refractivity contribution in [2.24, 2.45) is 5.41 Å². The van der Waals surface area contributed by atoms with Crippen LogP contribution in [0.1, 0.15) is 168 Å². The Labute approximate surface area is 214 Å². The Morgan fingerprint density at radius 2 is 0.941 bits per heavy atom. The van der Waals surface area contributed by atoms with Crippen molar-refractivity contribution in [2.45, 2.75) is 168 Å². The number of unbranched alkanes of at least 4 members (excludes halogenated alkanes) is 18. The molecule has 0 heterocycles. The molecule has 0 atom stereocenters. The van der Waals surface area contributed by atoms with Crippen molar-refractivity contribution in [3.63, 3.8) is 0 Å². The van der Waals surface area contributed by atoms with Crippen molar-refractivity contribution in [3.05, 3.63) is 0 Å². The molecule has 0 spiro atoms. The Balaban J connectivity index is 0. The van der Waals surface area contributed by atoms with E-state index in [0.29, 0.717) is 6.42 Å². The van der Waals surface area contributed by atoms with E-state index in [4.69, 9.17) is 9.84 Å². The lowest BCUT2D eigenvalue weighted by Crippen LogP contribution is -2.23. The zero-order chi connectivity index (χ0) is 24.5. The Bertz CT molecular complexity index is 390. The predicted molar refractivity (Wildman–Crippen MR) is 149 cm³/mol. The number of ether oxygens (including phenoxy) is 1. The predicted octanol–water partition coefficient (Wildman–Crippen LogP) is 9.70. The van der Waals surface area contributed by atoms with Crippen LogP contribution in [0.15, 0.2) is 0 Å². The molecule has 4 nitrogen and oxygen atoms in total. The monoisotopic (exact) mass is 485 g/mol. The first-order valence-corrected chi connectivity index (χ1v) is 14.8. The zero-order valence-electron chi connectivity index (χ0n) is 23.6. The van der Waals surface area contributed by atoms with Crippen molar-refractivity contribution < 1.29 is 14.6 Å². The maximum atomic E-state index is 12.2. The highest BCUT2D eigenvalue weighted by molar-refractivity contribution is 5.70. The van der Waals surface area contributed by atoms with Gasteiger partial charge in [0.05, 0.1) is 13.0 Å². The molecule has 0 unspecified atom stereocenters. The summed E-state index contributed by atoms with van der Waals surface area (Å²) in [5.41, 5.74) is 0.0485. The smallest absolute Gasteiger partial charge is 0.306 e. The van der Waals surface area contributed by atoms with E-state index < -0.39 is 0 Å². The lowest BCUT2D eigenvalue weighted by atomic mass is 9.77. The van der Waals surface area contributed by atoms with Crippen molar-refractivity contribution in [1.82, 2.24) is 6.15 Å². The number of aliphatic hydroxyl groups is 1. The van der Waals surface area contributed by atoms with Gasteiger partial charge in [-0.15, -0.1) is 0 Å². The van der Waals surface area contributed by atoms with E-state index in [1.54, 1.807) is 0 Å². The number of hydrogen-bond donors (Lipinski definition) is 2. The van der Waals surface area contributed by atoms with E-state index in [1.165, 1.54) is 128 Å². The van der Waals surface area contributed by atoms with Crippen molar-refractivity contribution in [2.75, 3.05) is 13.2 Å². The third-order valence-corrected chi connectivity index (χ3v) is 7.19. The summed E-state index contributed by atoms with van der Waals surface area (Å²) in [4.78, 5) is 12.2. The van der Waals surface area contributed by atoms with E-state index in [1.807, 2.05) is 0 Å².